The molecule has 0 heterocycles. The third-order valence-corrected chi connectivity index (χ3v) is 4.87. The van der Waals surface area contributed by atoms with Crippen molar-refractivity contribution in [2.75, 3.05) is 0 Å². The highest BCUT2D eigenvalue weighted by molar-refractivity contribution is 5.94. The van der Waals surface area contributed by atoms with Crippen LogP contribution in [0.3, 0.4) is 0 Å². The van der Waals surface area contributed by atoms with Gasteiger partial charge in [0, 0.05) is 12.8 Å². The van der Waals surface area contributed by atoms with Crippen molar-refractivity contribution in [1.29, 1.82) is 0 Å². The highest BCUT2D eigenvalue weighted by atomic mass is 16.4. The van der Waals surface area contributed by atoms with E-state index in [0.717, 1.165) is 0 Å². The monoisotopic (exact) mass is 472 g/mol. The highest BCUT2D eigenvalue weighted by Crippen LogP contribution is 2.08. The summed E-state index contributed by atoms with van der Waals surface area (Å²) in [5.41, 5.74) is 16.0. The van der Waals surface area contributed by atoms with E-state index in [2.05, 4.69) is 16.0 Å². The van der Waals surface area contributed by atoms with Crippen LogP contribution in [0, 0.1) is 11.8 Å². The molecule has 10 N–H and O–H groups in total. The van der Waals surface area contributed by atoms with Crippen molar-refractivity contribution in [3.63, 3.8) is 0 Å². The van der Waals surface area contributed by atoms with Crippen LogP contribution in [0.1, 0.15) is 53.4 Å². The van der Waals surface area contributed by atoms with Crippen LogP contribution >= 0.6 is 0 Å². The first kappa shape index (κ1) is 29.8. The number of nitrogens with one attached hydrogen (secondary N) is 3. The van der Waals surface area contributed by atoms with Gasteiger partial charge in [0.05, 0.1) is 6.04 Å². The highest BCUT2D eigenvalue weighted by Gasteiger charge is 2.32. The Bertz CT molecular complexity index is 740. The molecule has 4 atom stereocenters. The van der Waals surface area contributed by atoms with Crippen LogP contribution in [-0.4, -0.2) is 64.8 Å². The lowest BCUT2D eigenvalue weighted by Crippen LogP contribution is -2.58. The number of carbonyl (C=O) groups excluding carboxylic acids is 5. The van der Waals surface area contributed by atoms with Crippen molar-refractivity contribution in [1.82, 2.24) is 16.0 Å². The molecule has 188 valence electrons. The van der Waals surface area contributed by atoms with Gasteiger partial charge in [-0.2, -0.15) is 0 Å². The van der Waals surface area contributed by atoms with E-state index in [1.165, 1.54) is 0 Å². The van der Waals surface area contributed by atoms with Gasteiger partial charge in [0.25, 0.3) is 0 Å². The summed E-state index contributed by atoms with van der Waals surface area (Å²) in [4.78, 5) is 71.4. The Labute approximate surface area is 192 Å². The maximum Gasteiger partial charge on any atom is 0.326 e. The molecule has 0 saturated heterocycles. The van der Waals surface area contributed by atoms with Gasteiger partial charge in [0.15, 0.2) is 0 Å². The third kappa shape index (κ3) is 11.3. The summed E-state index contributed by atoms with van der Waals surface area (Å²) in [6.07, 6.45) is -0.810. The summed E-state index contributed by atoms with van der Waals surface area (Å²) in [7, 11) is 0. The Morgan fingerprint density at radius 3 is 1.55 bits per heavy atom. The number of hydrogen-bond acceptors (Lipinski definition) is 7. The topological polar surface area (TPSA) is 237 Å². The lowest BCUT2D eigenvalue weighted by Gasteiger charge is -2.27. The molecule has 0 spiro atoms. The second kappa shape index (κ2) is 14.0. The maximum absolute atomic E-state index is 12.9. The largest absolute Gasteiger partial charge is 0.480 e. The van der Waals surface area contributed by atoms with Gasteiger partial charge in [-0.25, -0.2) is 4.79 Å². The van der Waals surface area contributed by atoms with Gasteiger partial charge in [-0.05, 0) is 24.7 Å². The Morgan fingerprint density at radius 1 is 0.697 bits per heavy atom. The van der Waals surface area contributed by atoms with Crippen LogP contribution in [0.15, 0.2) is 0 Å². The molecule has 0 aliphatic rings. The second-order valence-corrected chi connectivity index (χ2v) is 8.47. The molecule has 0 fully saturated rings. The number of aliphatic carboxylic acids is 1. The van der Waals surface area contributed by atoms with Gasteiger partial charge in [-0.3, -0.25) is 24.0 Å². The van der Waals surface area contributed by atoms with Crippen LogP contribution in [0.2, 0.25) is 0 Å². The van der Waals surface area contributed by atoms with Crippen molar-refractivity contribution in [2.24, 2.45) is 29.0 Å². The first-order valence-electron chi connectivity index (χ1n) is 10.6. The molecule has 0 rings (SSSR count). The fourth-order valence-electron chi connectivity index (χ4n) is 2.72. The molecule has 0 aliphatic carbocycles. The normalized spacial score (nSPS) is 14.6. The van der Waals surface area contributed by atoms with E-state index >= 15 is 0 Å². The number of rotatable bonds is 15. The van der Waals surface area contributed by atoms with E-state index in [-0.39, 0.29) is 31.6 Å². The number of carboxylic acid groups (broad SMARTS) is 1. The van der Waals surface area contributed by atoms with Crippen molar-refractivity contribution in [3.8, 4) is 0 Å². The summed E-state index contributed by atoms with van der Waals surface area (Å²) < 4.78 is 0. The predicted octanol–water partition coefficient (Wildman–Crippen LogP) is -2.30. The zero-order chi connectivity index (χ0) is 25.9. The smallest absolute Gasteiger partial charge is 0.326 e. The van der Waals surface area contributed by atoms with Crippen LogP contribution in [0.25, 0.3) is 0 Å². The van der Waals surface area contributed by atoms with E-state index in [4.69, 9.17) is 17.2 Å². The number of carboxylic acids is 1. The number of nitrogens with two attached hydrogens (primary N) is 3. The minimum Gasteiger partial charge on any atom is -0.480 e. The lowest BCUT2D eigenvalue weighted by atomic mass is 10.0. The lowest BCUT2D eigenvalue weighted by molar-refractivity contribution is -0.143. The molecular weight excluding hydrogens is 436 g/mol. The SMILES string of the molecule is CC(C)C(N)C(=O)NC(CCC(N)=O)C(=O)NC(C(=O)NC(CCC(N)=O)C(=O)O)C(C)C. The summed E-state index contributed by atoms with van der Waals surface area (Å²) >= 11 is 0. The summed E-state index contributed by atoms with van der Waals surface area (Å²) in [6, 6.07) is -4.66. The second-order valence-electron chi connectivity index (χ2n) is 8.47. The molecule has 0 saturated carbocycles. The number of amides is 5. The van der Waals surface area contributed by atoms with Gasteiger partial charge < -0.3 is 38.3 Å². The number of carbonyl (C=O) groups is 6. The molecule has 0 radical (unpaired) electrons. The Morgan fingerprint density at radius 2 is 1.15 bits per heavy atom. The summed E-state index contributed by atoms with van der Waals surface area (Å²) in [5, 5.41) is 16.5. The van der Waals surface area contributed by atoms with Gasteiger partial charge in [0.1, 0.15) is 18.1 Å². The van der Waals surface area contributed by atoms with Gasteiger partial charge in [0.2, 0.25) is 29.5 Å². The fraction of sp³-hybridized carbons (Fsp3) is 0.700. The Hall–Kier alpha value is -3.22. The van der Waals surface area contributed by atoms with E-state index in [1.807, 2.05) is 0 Å². The molecule has 13 heteroatoms. The average Bonchev–Trinajstić information content (AvgIpc) is 2.70. The van der Waals surface area contributed by atoms with E-state index in [9.17, 15) is 33.9 Å². The number of primary amides is 2. The first-order valence-corrected chi connectivity index (χ1v) is 10.6. The van der Waals surface area contributed by atoms with E-state index < -0.39 is 65.6 Å². The molecule has 33 heavy (non-hydrogen) atoms. The molecule has 0 aliphatic heterocycles. The van der Waals surface area contributed by atoms with E-state index in [0.29, 0.717) is 0 Å². The Kier molecular flexibility index (Phi) is 12.7. The van der Waals surface area contributed by atoms with Crippen molar-refractivity contribution in [2.45, 2.75) is 77.5 Å². The van der Waals surface area contributed by atoms with Crippen molar-refractivity contribution in [3.05, 3.63) is 0 Å². The zero-order valence-corrected chi connectivity index (χ0v) is 19.4. The zero-order valence-electron chi connectivity index (χ0n) is 19.4. The van der Waals surface area contributed by atoms with Gasteiger partial charge in [-0.15, -0.1) is 0 Å². The molecular formula is C20H36N6O7. The Balaban J connectivity index is 5.49. The van der Waals surface area contributed by atoms with Crippen LogP contribution < -0.4 is 33.2 Å². The van der Waals surface area contributed by atoms with Crippen LogP contribution in [-0.2, 0) is 28.8 Å². The van der Waals surface area contributed by atoms with Crippen LogP contribution in [0.4, 0.5) is 0 Å². The molecule has 5 amide bonds. The van der Waals surface area contributed by atoms with Crippen molar-refractivity contribution < 1.29 is 33.9 Å². The first-order chi connectivity index (χ1) is 15.2. The average molecular weight is 473 g/mol. The predicted molar refractivity (Wildman–Crippen MR) is 118 cm³/mol. The molecule has 13 nitrogen and oxygen atoms in total. The summed E-state index contributed by atoms with van der Waals surface area (Å²) in [5.74, 6) is -5.64. The standard InChI is InChI=1S/C20H36N6O7/c1-9(2)15(23)18(30)24-11(5-7-13(21)27)17(29)26-16(10(3)4)19(31)25-12(20(32)33)6-8-14(22)28/h9-12,15-16H,5-8,23H2,1-4H3,(H2,21,27)(H2,22,28)(H,24,30)(H,25,31)(H,26,29)(H,32,33). The minimum atomic E-state index is -1.39. The molecule has 4 unspecified atom stereocenters. The maximum atomic E-state index is 12.9. The van der Waals surface area contributed by atoms with Gasteiger partial charge in [-0.1, -0.05) is 27.7 Å². The van der Waals surface area contributed by atoms with Crippen LogP contribution in [0.5, 0.6) is 0 Å². The van der Waals surface area contributed by atoms with Crippen molar-refractivity contribution >= 4 is 35.5 Å². The fourth-order valence-corrected chi connectivity index (χ4v) is 2.72. The molecule has 0 aromatic rings. The summed E-state index contributed by atoms with van der Waals surface area (Å²) in [6.45, 7) is 6.68. The molecule has 0 aromatic heterocycles. The number of hydrogen-bond donors (Lipinski definition) is 7. The molecule has 0 bridgehead atoms. The quantitative estimate of drug-likeness (QED) is 0.136. The van der Waals surface area contributed by atoms with Gasteiger partial charge >= 0.3 is 5.97 Å². The minimum absolute atomic E-state index is 0.124. The van der Waals surface area contributed by atoms with E-state index in [1.54, 1.807) is 27.7 Å². The molecule has 0 aromatic carbocycles. The third-order valence-electron chi connectivity index (χ3n) is 4.87.